The summed E-state index contributed by atoms with van der Waals surface area (Å²) in [4.78, 5) is 0. The molecular weight excluding hydrogens is 405 g/mol. The summed E-state index contributed by atoms with van der Waals surface area (Å²) in [5, 5.41) is 2.42. The molecule has 0 heterocycles. The average Bonchev–Trinajstić information content (AvgIpc) is 2.50. The van der Waals surface area contributed by atoms with Crippen LogP contribution in [0, 0.1) is 3.57 Å². The van der Waals surface area contributed by atoms with Gasteiger partial charge in [-0.15, -0.1) is 18.5 Å². The highest BCUT2D eigenvalue weighted by Gasteiger charge is 2.06. The standard InChI is InChI=1S/C18H15IP2/c19-18-10-5-14(12-1-6-15(20)7-2-12)11-17(18)13-3-8-16(21)9-4-13/h1-11H,20-21H2. The van der Waals surface area contributed by atoms with E-state index in [-0.39, 0.29) is 0 Å². The van der Waals surface area contributed by atoms with Crippen molar-refractivity contribution in [2.24, 2.45) is 0 Å². The van der Waals surface area contributed by atoms with Crippen molar-refractivity contribution in [1.29, 1.82) is 0 Å². The van der Waals surface area contributed by atoms with E-state index in [1.165, 1.54) is 36.4 Å². The second-order valence-electron chi connectivity index (χ2n) is 4.94. The first-order valence-corrected chi connectivity index (χ1v) is 8.88. The predicted octanol–water partition coefficient (Wildman–Crippen LogP) is 4.63. The Morgan fingerprint density at radius 2 is 1.05 bits per heavy atom. The zero-order valence-electron chi connectivity index (χ0n) is 11.4. The first kappa shape index (κ1) is 15.2. The Labute approximate surface area is 143 Å². The molecule has 104 valence electrons. The van der Waals surface area contributed by atoms with Gasteiger partial charge in [-0.25, -0.2) is 0 Å². The second kappa shape index (κ2) is 6.57. The van der Waals surface area contributed by atoms with Crippen LogP contribution in [-0.4, -0.2) is 0 Å². The Morgan fingerprint density at radius 1 is 0.571 bits per heavy atom. The second-order valence-corrected chi connectivity index (χ2v) is 7.43. The maximum absolute atomic E-state index is 2.73. The van der Waals surface area contributed by atoms with E-state index in [1.54, 1.807) is 0 Å². The van der Waals surface area contributed by atoms with Crippen molar-refractivity contribution in [3.8, 4) is 22.3 Å². The number of hydrogen-bond acceptors (Lipinski definition) is 0. The summed E-state index contributed by atoms with van der Waals surface area (Å²) >= 11 is 2.41. The Hall–Kier alpha value is -0.750. The monoisotopic (exact) mass is 420 g/mol. The van der Waals surface area contributed by atoms with E-state index in [1.807, 2.05) is 0 Å². The molecule has 0 saturated heterocycles. The van der Waals surface area contributed by atoms with Gasteiger partial charge in [0.25, 0.3) is 0 Å². The summed E-state index contributed by atoms with van der Waals surface area (Å²) in [6.45, 7) is 0. The van der Waals surface area contributed by atoms with Gasteiger partial charge in [-0.2, -0.15) is 0 Å². The molecule has 21 heavy (non-hydrogen) atoms. The van der Waals surface area contributed by atoms with Crippen LogP contribution in [0.4, 0.5) is 0 Å². The maximum Gasteiger partial charge on any atom is 0.0209 e. The molecule has 0 aliphatic heterocycles. The minimum atomic E-state index is 1.21. The normalized spacial score (nSPS) is 10.6. The average molecular weight is 420 g/mol. The van der Waals surface area contributed by atoms with Crippen LogP contribution in [0.1, 0.15) is 0 Å². The molecule has 3 heteroatoms. The summed E-state index contributed by atoms with van der Waals surface area (Å²) in [6.07, 6.45) is 0. The van der Waals surface area contributed by atoms with E-state index in [9.17, 15) is 0 Å². The SMILES string of the molecule is Pc1ccc(-c2ccc(I)c(-c3ccc(P)cc3)c2)cc1. The molecule has 2 unspecified atom stereocenters. The quantitative estimate of drug-likeness (QED) is 0.419. The summed E-state index contributed by atoms with van der Waals surface area (Å²) < 4.78 is 1.27. The number of halogens is 1. The van der Waals surface area contributed by atoms with Crippen LogP contribution in [0.15, 0.2) is 66.7 Å². The highest BCUT2D eigenvalue weighted by Crippen LogP contribution is 2.30. The van der Waals surface area contributed by atoms with Crippen LogP contribution < -0.4 is 10.6 Å². The minimum Gasteiger partial charge on any atom is -0.106 e. The van der Waals surface area contributed by atoms with Gasteiger partial charge >= 0.3 is 0 Å². The Bertz CT molecular complexity index is 762. The zero-order chi connectivity index (χ0) is 14.8. The molecule has 0 nitrogen and oxygen atoms in total. The largest absolute Gasteiger partial charge is 0.106 e. The van der Waals surface area contributed by atoms with Crippen molar-refractivity contribution >= 4 is 51.7 Å². The van der Waals surface area contributed by atoms with Crippen LogP contribution in [0.2, 0.25) is 0 Å². The van der Waals surface area contributed by atoms with E-state index in [0.29, 0.717) is 0 Å². The molecule has 0 N–H and O–H groups in total. The molecule has 3 aromatic carbocycles. The fourth-order valence-electron chi connectivity index (χ4n) is 2.26. The van der Waals surface area contributed by atoms with Crippen LogP contribution >= 0.6 is 41.1 Å². The predicted molar refractivity (Wildman–Crippen MR) is 109 cm³/mol. The van der Waals surface area contributed by atoms with E-state index in [0.717, 1.165) is 0 Å². The fourth-order valence-corrected chi connectivity index (χ4v) is 3.30. The lowest BCUT2D eigenvalue weighted by Gasteiger charge is -2.09. The summed E-state index contributed by atoms with van der Waals surface area (Å²) in [7, 11) is 5.46. The highest BCUT2D eigenvalue weighted by molar-refractivity contribution is 14.1. The van der Waals surface area contributed by atoms with E-state index in [4.69, 9.17) is 0 Å². The van der Waals surface area contributed by atoms with Crippen LogP contribution in [-0.2, 0) is 0 Å². The van der Waals surface area contributed by atoms with E-state index < -0.39 is 0 Å². The lowest BCUT2D eigenvalue weighted by molar-refractivity contribution is 1.57. The van der Waals surface area contributed by atoms with Crippen LogP contribution in [0.25, 0.3) is 22.3 Å². The van der Waals surface area contributed by atoms with Gasteiger partial charge < -0.3 is 0 Å². The zero-order valence-corrected chi connectivity index (χ0v) is 15.9. The molecule has 0 aliphatic carbocycles. The molecule has 3 aromatic rings. The van der Waals surface area contributed by atoms with Crippen molar-refractivity contribution in [1.82, 2.24) is 0 Å². The maximum atomic E-state index is 2.73. The molecule has 0 bridgehead atoms. The number of hydrogen-bond donors (Lipinski definition) is 0. The van der Waals surface area contributed by atoms with Crippen molar-refractivity contribution in [2.75, 3.05) is 0 Å². The molecule has 0 saturated carbocycles. The van der Waals surface area contributed by atoms with Gasteiger partial charge in [-0.05, 0) is 67.6 Å². The third-order valence-corrected chi connectivity index (χ3v) is 5.14. The Kier molecular flexibility index (Phi) is 4.74. The molecule has 0 aliphatic rings. The minimum absolute atomic E-state index is 1.21. The summed E-state index contributed by atoms with van der Waals surface area (Å²) in [5.41, 5.74) is 5.05. The van der Waals surface area contributed by atoms with Crippen molar-refractivity contribution in [3.63, 3.8) is 0 Å². The smallest absolute Gasteiger partial charge is 0.0209 e. The van der Waals surface area contributed by atoms with Gasteiger partial charge in [0, 0.05) is 3.57 Å². The Morgan fingerprint density at radius 3 is 1.62 bits per heavy atom. The third kappa shape index (κ3) is 3.54. The molecular formula is C18H15IP2. The van der Waals surface area contributed by atoms with E-state index in [2.05, 4.69) is 108 Å². The van der Waals surface area contributed by atoms with Crippen molar-refractivity contribution < 1.29 is 0 Å². The molecule has 2 atom stereocenters. The van der Waals surface area contributed by atoms with Gasteiger partial charge in [-0.3, -0.25) is 0 Å². The first-order chi connectivity index (χ1) is 10.1. The van der Waals surface area contributed by atoms with Gasteiger partial charge in [0.15, 0.2) is 0 Å². The lowest BCUT2D eigenvalue weighted by Crippen LogP contribution is -1.91. The third-order valence-electron chi connectivity index (χ3n) is 3.43. The summed E-state index contributed by atoms with van der Waals surface area (Å²) in [5.74, 6) is 0. The first-order valence-electron chi connectivity index (χ1n) is 6.65. The van der Waals surface area contributed by atoms with Gasteiger partial charge in [0.05, 0.1) is 0 Å². The van der Waals surface area contributed by atoms with Crippen LogP contribution in [0.5, 0.6) is 0 Å². The topological polar surface area (TPSA) is 0 Å². The van der Waals surface area contributed by atoms with Gasteiger partial charge in [0.2, 0.25) is 0 Å². The Balaban J connectivity index is 2.07. The molecule has 0 aromatic heterocycles. The molecule has 0 spiro atoms. The number of benzene rings is 3. The fraction of sp³-hybridized carbons (Fsp3) is 0. The van der Waals surface area contributed by atoms with E-state index >= 15 is 0 Å². The summed E-state index contributed by atoms with van der Waals surface area (Å²) in [6, 6.07) is 23.9. The number of rotatable bonds is 2. The molecule has 3 rings (SSSR count). The van der Waals surface area contributed by atoms with Crippen molar-refractivity contribution in [3.05, 3.63) is 70.3 Å². The van der Waals surface area contributed by atoms with Crippen molar-refractivity contribution in [2.45, 2.75) is 0 Å². The lowest BCUT2D eigenvalue weighted by atomic mass is 9.99. The molecule has 0 fully saturated rings. The van der Waals surface area contributed by atoms with Gasteiger partial charge in [-0.1, -0.05) is 54.6 Å². The van der Waals surface area contributed by atoms with Gasteiger partial charge in [0.1, 0.15) is 0 Å². The molecule has 0 amide bonds. The van der Waals surface area contributed by atoms with Crippen LogP contribution in [0.3, 0.4) is 0 Å². The molecule has 0 radical (unpaired) electrons. The highest BCUT2D eigenvalue weighted by atomic mass is 127.